The molecule has 0 radical (unpaired) electrons. The Morgan fingerprint density at radius 2 is 1.68 bits per heavy atom. The summed E-state index contributed by atoms with van der Waals surface area (Å²) in [7, 11) is 0. The number of aromatic hydroxyl groups is 1. The molecule has 3 N–H and O–H groups in total. The zero-order valence-corrected chi connectivity index (χ0v) is 13.2. The number of thioether (sulfide) groups is 1. The number of phenols is 1. The SMILES string of the molecule is CSc1ccc(Cl)c(C(=O)NNC(=O)c2ccc(O)cc2)c1. The van der Waals surface area contributed by atoms with Crippen molar-refractivity contribution in [2.75, 3.05) is 6.26 Å². The Bertz CT molecular complexity index is 704. The van der Waals surface area contributed by atoms with Crippen LogP contribution in [0.3, 0.4) is 0 Å². The molecule has 22 heavy (non-hydrogen) atoms. The summed E-state index contributed by atoms with van der Waals surface area (Å²) >= 11 is 7.47. The number of hydrazine groups is 1. The third-order valence-electron chi connectivity index (χ3n) is 2.84. The molecule has 0 aliphatic heterocycles. The number of hydrogen-bond acceptors (Lipinski definition) is 4. The second-order valence-corrected chi connectivity index (χ2v) is 5.59. The molecule has 2 aromatic carbocycles. The average Bonchev–Trinajstić information content (AvgIpc) is 2.53. The molecular weight excluding hydrogens is 324 g/mol. The molecule has 0 saturated carbocycles. The number of benzene rings is 2. The number of hydrogen-bond donors (Lipinski definition) is 3. The quantitative estimate of drug-likeness (QED) is 0.595. The Morgan fingerprint density at radius 3 is 2.32 bits per heavy atom. The van der Waals surface area contributed by atoms with Crippen LogP contribution in [0.15, 0.2) is 47.4 Å². The van der Waals surface area contributed by atoms with Gasteiger partial charge in [-0.2, -0.15) is 0 Å². The van der Waals surface area contributed by atoms with Gasteiger partial charge in [-0.1, -0.05) is 11.6 Å². The molecule has 0 heterocycles. The van der Waals surface area contributed by atoms with Gasteiger partial charge in [-0.25, -0.2) is 0 Å². The van der Waals surface area contributed by atoms with Crippen molar-refractivity contribution >= 4 is 35.2 Å². The lowest BCUT2D eigenvalue weighted by atomic mass is 10.2. The second-order valence-electron chi connectivity index (χ2n) is 4.30. The van der Waals surface area contributed by atoms with E-state index in [0.717, 1.165) is 4.90 Å². The minimum atomic E-state index is -0.506. The van der Waals surface area contributed by atoms with Gasteiger partial charge < -0.3 is 5.11 Å². The summed E-state index contributed by atoms with van der Waals surface area (Å²) in [6.45, 7) is 0. The van der Waals surface area contributed by atoms with Gasteiger partial charge in [-0.15, -0.1) is 11.8 Å². The van der Waals surface area contributed by atoms with Crippen molar-refractivity contribution in [1.82, 2.24) is 10.9 Å². The third-order valence-corrected chi connectivity index (χ3v) is 3.89. The van der Waals surface area contributed by atoms with E-state index in [-0.39, 0.29) is 11.3 Å². The molecule has 0 fully saturated rings. The predicted molar refractivity (Wildman–Crippen MR) is 86.3 cm³/mol. The monoisotopic (exact) mass is 336 g/mol. The summed E-state index contributed by atoms with van der Waals surface area (Å²) < 4.78 is 0. The maximum atomic E-state index is 12.1. The van der Waals surface area contributed by atoms with Crippen LogP contribution >= 0.6 is 23.4 Å². The van der Waals surface area contributed by atoms with Crippen LogP contribution in [-0.4, -0.2) is 23.2 Å². The Kier molecular flexibility index (Phi) is 5.30. The fraction of sp³-hybridized carbons (Fsp3) is 0.0667. The smallest absolute Gasteiger partial charge is 0.271 e. The topological polar surface area (TPSA) is 78.4 Å². The molecule has 2 aromatic rings. The lowest BCUT2D eigenvalue weighted by molar-refractivity contribution is 0.0846. The van der Waals surface area contributed by atoms with Crippen molar-refractivity contribution in [2.45, 2.75) is 4.90 Å². The van der Waals surface area contributed by atoms with Crippen LogP contribution in [0.2, 0.25) is 5.02 Å². The van der Waals surface area contributed by atoms with Crippen molar-refractivity contribution in [3.63, 3.8) is 0 Å². The van der Waals surface area contributed by atoms with E-state index in [1.807, 2.05) is 6.26 Å². The van der Waals surface area contributed by atoms with Crippen LogP contribution in [0.4, 0.5) is 0 Å². The summed E-state index contributed by atoms with van der Waals surface area (Å²) in [5.41, 5.74) is 5.19. The van der Waals surface area contributed by atoms with Gasteiger partial charge >= 0.3 is 0 Å². The second kappa shape index (κ2) is 7.20. The first-order valence-corrected chi connectivity index (χ1v) is 7.85. The zero-order valence-electron chi connectivity index (χ0n) is 11.6. The highest BCUT2D eigenvalue weighted by Gasteiger charge is 2.13. The maximum absolute atomic E-state index is 12.1. The van der Waals surface area contributed by atoms with E-state index in [9.17, 15) is 9.59 Å². The lowest BCUT2D eigenvalue weighted by Crippen LogP contribution is -2.41. The van der Waals surface area contributed by atoms with Crippen LogP contribution in [0, 0.1) is 0 Å². The summed E-state index contributed by atoms with van der Waals surface area (Å²) in [6, 6.07) is 10.7. The van der Waals surface area contributed by atoms with E-state index in [4.69, 9.17) is 16.7 Å². The molecule has 2 rings (SSSR count). The summed E-state index contributed by atoms with van der Waals surface area (Å²) in [5, 5.41) is 9.47. The van der Waals surface area contributed by atoms with Gasteiger partial charge in [-0.3, -0.25) is 20.4 Å². The zero-order chi connectivity index (χ0) is 16.1. The average molecular weight is 337 g/mol. The highest BCUT2D eigenvalue weighted by Crippen LogP contribution is 2.22. The fourth-order valence-electron chi connectivity index (χ4n) is 1.67. The van der Waals surface area contributed by atoms with Crippen molar-refractivity contribution < 1.29 is 14.7 Å². The largest absolute Gasteiger partial charge is 0.508 e. The number of carbonyl (C=O) groups is 2. The van der Waals surface area contributed by atoms with Gasteiger partial charge in [-0.05, 0) is 48.7 Å². The highest BCUT2D eigenvalue weighted by molar-refractivity contribution is 7.98. The summed E-state index contributed by atoms with van der Waals surface area (Å²) in [5.74, 6) is -0.945. The van der Waals surface area contributed by atoms with Crippen molar-refractivity contribution in [3.8, 4) is 5.75 Å². The number of rotatable bonds is 3. The van der Waals surface area contributed by atoms with Crippen LogP contribution in [0.5, 0.6) is 5.75 Å². The fourth-order valence-corrected chi connectivity index (χ4v) is 2.31. The summed E-state index contributed by atoms with van der Waals surface area (Å²) in [4.78, 5) is 24.8. The normalized spacial score (nSPS) is 10.1. The van der Waals surface area contributed by atoms with Gasteiger partial charge in [0, 0.05) is 10.5 Å². The Morgan fingerprint density at radius 1 is 1.05 bits per heavy atom. The Labute approximate surface area is 136 Å². The van der Waals surface area contributed by atoms with Gasteiger partial charge in [0.05, 0.1) is 10.6 Å². The number of nitrogens with one attached hydrogen (secondary N) is 2. The predicted octanol–water partition coefficient (Wildman–Crippen LogP) is 2.84. The molecule has 7 heteroatoms. The molecule has 0 saturated heterocycles. The highest BCUT2D eigenvalue weighted by atomic mass is 35.5. The first-order valence-electron chi connectivity index (χ1n) is 6.24. The van der Waals surface area contributed by atoms with Gasteiger partial charge in [0.25, 0.3) is 11.8 Å². The molecule has 0 aliphatic carbocycles. The number of carbonyl (C=O) groups excluding carboxylic acids is 2. The van der Waals surface area contributed by atoms with Crippen molar-refractivity contribution in [2.24, 2.45) is 0 Å². The van der Waals surface area contributed by atoms with Gasteiger partial charge in [0.1, 0.15) is 5.75 Å². The van der Waals surface area contributed by atoms with Gasteiger partial charge in [0.15, 0.2) is 0 Å². The molecule has 2 amide bonds. The third kappa shape index (κ3) is 3.93. The van der Waals surface area contributed by atoms with Crippen LogP contribution in [0.25, 0.3) is 0 Å². The molecule has 0 atom stereocenters. The van der Waals surface area contributed by atoms with Crippen LogP contribution in [0.1, 0.15) is 20.7 Å². The van der Waals surface area contributed by atoms with Gasteiger partial charge in [0.2, 0.25) is 0 Å². The van der Waals surface area contributed by atoms with E-state index in [1.54, 1.807) is 18.2 Å². The molecule has 5 nitrogen and oxygen atoms in total. The molecule has 114 valence electrons. The van der Waals surface area contributed by atoms with E-state index in [1.165, 1.54) is 36.0 Å². The minimum Gasteiger partial charge on any atom is -0.508 e. The molecule has 0 aromatic heterocycles. The minimum absolute atomic E-state index is 0.0567. The first-order chi connectivity index (χ1) is 10.5. The number of halogens is 1. The molecule has 0 unspecified atom stereocenters. The van der Waals surface area contributed by atoms with Crippen molar-refractivity contribution in [1.29, 1.82) is 0 Å². The lowest BCUT2D eigenvalue weighted by Gasteiger charge is -2.09. The Hall–Kier alpha value is -2.18. The number of phenolic OH excluding ortho intramolecular Hbond substituents is 1. The maximum Gasteiger partial charge on any atom is 0.271 e. The van der Waals surface area contributed by atoms with E-state index in [0.29, 0.717) is 10.6 Å². The molecule has 0 spiro atoms. The molecule has 0 aliphatic rings. The van der Waals surface area contributed by atoms with E-state index in [2.05, 4.69) is 10.9 Å². The van der Waals surface area contributed by atoms with E-state index >= 15 is 0 Å². The van der Waals surface area contributed by atoms with Crippen molar-refractivity contribution in [3.05, 3.63) is 58.6 Å². The van der Waals surface area contributed by atoms with Crippen LogP contribution in [-0.2, 0) is 0 Å². The Balaban J connectivity index is 2.03. The van der Waals surface area contributed by atoms with E-state index < -0.39 is 11.8 Å². The molecule has 0 bridgehead atoms. The standard InChI is InChI=1S/C15H13ClN2O3S/c1-22-11-6-7-13(16)12(8-11)15(21)18-17-14(20)9-2-4-10(19)5-3-9/h2-8,19H,1H3,(H,17,20)(H,18,21). The first kappa shape index (κ1) is 16.2. The van der Waals surface area contributed by atoms with Crippen LogP contribution < -0.4 is 10.9 Å². The number of amides is 2. The summed E-state index contributed by atoms with van der Waals surface area (Å²) in [6.07, 6.45) is 1.89. The molecular formula is C15H13ClN2O3S.